The predicted molar refractivity (Wildman–Crippen MR) is 113 cm³/mol. The van der Waals surface area contributed by atoms with Crippen molar-refractivity contribution in [1.82, 2.24) is 20.1 Å². The maximum Gasteiger partial charge on any atom is 0.251 e. The molecule has 8 heteroatoms. The number of piperazine rings is 1. The summed E-state index contributed by atoms with van der Waals surface area (Å²) < 4.78 is 5.90. The molecule has 3 heterocycles. The molecule has 154 valence electrons. The van der Waals surface area contributed by atoms with E-state index in [-0.39, 0.29) is 5.91 Å². The van der Waals surface area contributed by atoms with Crippen molar-refractivity contribution in [2.45, 2.75) is 25.2 Å². The van der Waals surface area contributed by atoms with Crippen molar-refractivity contribution in [1.29, 1.82) is 0 Å². The van der Waals surface area contributed by atoms with Gasteiger partial charge in [0.2, 0.25) is 11.8 Å². The quantitative estimate of drug-likeness (QED) is 0.624. The molecule has 0 spiro atoms. The molecule has 0 unspecified atom stereocenters. The summed E-state index contributed by atoms with van der Waals surface area (Å²) in [7, 11) is 0. The highest BCUT2D eigenvalue weighted by atomic mass is 35.5. The summed E-state index contributed by atoms with van der Waals surface area (Å²) in [5.41, 5.74) is 1.82. The van der Waals surface area contributed by atoms with Crippen molar-refractivity contribution in [3.63, 3.8) is 0 Å². The molecule has 7 nitrogen and oxygen atoms in total. The molecule has 2 aliphatic rings. The van der Waals surface area contributed by atoms with Crippen molar-refractivity contribution in [2.75, 3.05) is 31.1 Å². The number of rotatable bonds is 5. The number of anilines is 1. The molecule has 2 aromatic heterocycles. The highest BCUT2D eigenvalue weighted by Crippen LogP contribution is 2.40. The zero-order valence-electron chi connectivity index (χ0n) is 16.5. The zero-order chi connectivity index (χ0) is 20.5. The fourth-order valence-electron chi connectivity index (χ4n) is 3.71. The molecule has 0 N–H and O–H groups in total. The maximum atomic E-state index is 12.7. The fourth-order valence-corrected chi connectivity index (χ4v) is 3.84. The van der Waals surface area contributed by atoms with Gasteiger partial charge in [0.15, 0.2) is 0 Å². The molecule has 1 saturated heterocycles. The Bertz CT molecular complexity index is 1040. The van der Waals surface area contributed by atoms with Crippen molar-refractivity contribution in [3.8, 4) is 11.5 Å². The average Bonchev–Trinajstić information content (AvgIpc) is 3.52. The lowest BCUT2D eigenvalue weighted by Crippen LogP contribution is -2.49. The van der Waals surface area contributed by atoms with Gasteiger partial charge in [-0.25, -0.2) is 4.98 Å². The van der Waals surface area contributed by atoms with Gasteiger partial charge in [-0.3, -0.25) is 4.79 Å². The first-order chi connectivity index (χ1) is 14.7. The number of hydrogen-bond donors (Lipinski definition) is 0. The van der Waals surface area contributed by atoms with E-state index in [1.165, 1.54) is 0 Å². The van der Waals surface area contributed by atoms with Gasteiger partial charge in [-0.2, -0.15) is 0 Å². The molecule has 5 rings (SSSR count). The number of halogens is 1. The Labute approximate surface area is 179 Å². The lowest BCUT2D eigenvalue weighted by atomic mass is 10.1. The van der Waals surface area contributed by atoms with Crippen LogP contribution in [0, 0.1) is 0 Å². The minimum atomic E-state index is 0.129. The Hall–Kier alpha value is -2.93. The number of nitrogens with zero attached hydrogens (tertiary/aromatic N) is 5. The van der Waals surface area contributed by atoms with Gasteiger partial charge in [0.1, 0.15) is 5.82 Å². The summed E-state index contributed by atoms with van der Waals surface area (Å²) >= 11 is 5.93. The lowest BCUT2D eigenvalue weighted by molar-refractivity contribution is -0.130. The fraction of sp³-hybridized carbons (Fsp3) is 0.364. The van der Waals surface area contributed by atoms with Crippen LogP contribution in [0.2, 0.25) is 5.02 Å². The van der Waals surface area contributed by atoms with Gasteiger partial charge in [0.25, 0.3) is 5.89 Å². The number of carbonyl (C=O) groups excluding carboxylic acids is 1. The first-order valence-corrected chi connectivity index (χ1v) is 10.6. The van der Waals surface area contributed by atoms with E-state index in [0.29, 0.717) is 49.4 Å². The van der Waals surface area contributed by atoms with Gasteiger partial charge in [-0.1, -0.05) is 23.7 Å². The topological polar surface area (TPSA) is 75.4 Å². The van der Waals surface area contributed by atoms with Gasteiger partial charge < -0.3 is 14.2 Å². The van der Waals surface area contributed by atoms with Gasteiger partial charge >= 0.3 is 0 Å². The largest absolute Gasteiger partial charge is 0.420 e. The Balaban J connectivity index is 1.25. The van der Waals surface area contributed by atoms with E-state index >= 15 is 0 Å². The number of benzene rings is 1. The summed E-state index contributed by atoms with van der Waals surface area (Å²) in [6.07, 6.45) is 4.40. The van der Waals surface area contributed by atoms with E-state index in [9.17, 15) is 4.79 Å². The third kappa shape index (κ3) is 4.03. The van der Waals surface area contributed by atoms with E-state index in [1.54, 1.807) is 6.20 Å². The maximum absolute atomic E-state index is 12.7. The SMILES string of the molecule is O=C(Cc1ccc(Cl)cc1)N1CCN(c2ncccc2-c2nnc(C3CC3)o2)CC1. The molecule has 0 bridgehead atoms. The van der Waals surface area contributed by atoms with Crippen LogP contribution < -0.4 is 4.90 Å². The monoisotopic (exact) mass is 423 g/mol. The van der Waals surface area contributed by atoms with Crippen molar-refractivity contribution in [2.24, 2.45) is 0 Å². The molecule has 0 atom stereocenters. The molecule has 0 radical (unpaired) electrons. The summed E-state index contributed by atoms with van der Waals surface area (Å²) in [5, 5.41) is 9.12. The first kappa shape index (κ1) is 19.1. The number of amides is 1. The Morgan fingerprint density at radius 3 is 2.57 bits per heavy atom. The number of hydrogen-bond acceptors (Lipinski definition) is 6. The smallest absolute Gasteiger partial charge is 0.251 e. The minimum Gasteiger partial charge on any atom is -0.420 e. The Morgan fingerprint density at radius 1 is 1.07 bits per heavy atom. The van der Waals surface area contributed by atoms with Gasteiger partial charge in [0, 0.05) is 43.3 Å². The van der Waals surface area contributed by atoms with Crippen LogP contribution in [0.15, 0.2) is 47.0 Å². The number of carbonyl (C=O) groups is 1. The van der Waals surface area contributed by atoms with E-state index in [4.69, 9.17) is 16.0 Å². The highest BCUT2D eigenvalue weighted by Gasteiger charge is 2.30. The van der Waals surface area contributed by atoms with Crippen LogP contribution >= 0.6 is 11.6 Å². The molecular weight excluding hydrogens is 402 g/mol. The summed E-state index contributed by atoms with van der Waals surface area (Å²) in [6.45, 7) is 2.72. The van der Waals surface area contributed by atoms with Crippen LogP contribution in [0.5, 0.6) is 0 Å². The molecule has 1 aliphatic heterocycles. The first-order valence-electron chi connectivity index (χ1n) is 10.2. The predicted octanol–water partition coefficient (Wildman–Crippen LogP) is 3.55. The molecule has 1 amide bonds. The summed E-state index contributed by atoms with van der Waals surface area (Å²) in [6, 6.07) is 11.3. The molecule has 2 fully saturated rings. The Kier molecular flexibility index (Phi) is 5.12. The standard InChI is InChI=1S/C22H22ClN5O2/c23-17-7-3-15(4-8-17)14-19(29)27-10-12-28(13-11-27)20-18(2-1-9-24-20)22-26-25-21(30-22)16-5-6-16/h1-4,7-9,16H,5-6,10-14H2. The van der Waals surface area contributed by atoms with Gasteiger partial charge in [-0.05, 0) is 42.7 Å². The van der Waals surface area contributed by atoms with Crippen LogP contribution in [-0.4, -0.2) is 52.2 Å². The van der Waals surface area contributed by atoms with Crippen molar-refractivity contribution in [3.05, 3.63) is 59.1 Å². The van der Waals surface area contributed by atoms with Crippen molar-refractivity contribution < 1.29 is 9.21 Å². The van der Waals surface area contributed by atoms with E-state index in [0.717, 1.165) is 35.7 Å². The molecule has 30 heavy (non-hydrogen) atoms. The van der Waals surface area contributed by atoms with E-state index in [2.05, 4.69) is 20.1 Å². The van der Waals surface area contributed by atoms with Gasteiger partial charge in [-0.15, -0.1) is 10.2 Å². The van der Waals surface area contributed by atoms with Crippen LogP contribution in [0.25, 0.3) is 11.5 Å². The lowest BCUT2D eigenvalue weighted by Gasteiger charge is -2.36. The molecular formula is C22H22ClN5O2. The van der Waals surface area contributed by atoms with Gasteiger partial charge in [0.05, 0.1) is 12.0 Å². The van der Waals surface area contributed by atoms with Crippen LogP contribution in [0.1, 0.15) is 30.2 Å². The average molecular weight is 424 g/mol. The molecule has 3 aromatic rings. The normalized spacial score (nSPS) is 16.7. The highest BCUT2D eigenvalue weighted by molar-refractivity contribution is 6.30. The second kappa shape index (κ2) is 8.07. The third-order valence-corrected chi connectivity index (χ3v) is 5.84. The minimum absolute atomic E-state index is 0.129. The number of pyridine rings is 1. The zero-order valence-corrected chi connectivity index (χ0v) is 17.3. The van der Waals surface area contributed by atoms with E-state index in [1.807, 2.05) is 41.3 Å². The van der Waals surface area contributed by atoms with E-state index < -0.39 is 0 Å². The molecule has 1 saturated carbocycles. The third-order valence-electron chi connectivity index (χ3n) is 5.58. The Morgan fingerprint density at radius 2 is 1.83 bits per heavy atom. The number of aromatic nitrogens is 3. The van der Waals surface area contributed by atoms with Crippen LogP contribution in [0.3, 0.4) is 0 Å². The van der Waals surface area contributed by atoms with Crippen LogP contribution in [-0.2, 0) is 11.2 Å². The summed E-state index contributed by atoms with van der Waals surface area (Å²) in [4.78, 5) is 21.3. The second-order valence-corrected chi connectivity index (χ2v) is 8.20. The van der Waals surface area contributed by atoms with Crippen LogP contribution in [0.4, 0.5) is 5.82 Å². The second-order valence-electron chi connectivity index (χ2n) is 7.77. The van der Waals surface area contributed by atoms with Crippen molar-refractivity contribution >= 4 is 23.3 Å². The molecule has 1 aliphatic carbocycles. The molecule has 1 aromatic carbocycles. The summed E-state index contributed by atoms with van der Waals surface area (Å²) in [5.74, 6) is 2.61.